The highest BCUT2D eigenvalue weighted by Crippen LogP contribution is 2.21. The summed E-state index contributed by atoms with van der Waals surface area (Å²) in [5, 5.41) is 0. The van der Waals surface area contributed by atoms with E-state index in [1.807, 2.05) is 0 Å². The quantitative estimate of drug-likeness (QED) is 0.752. The maximum atomic E-state index is 12.3. The Balaban J connectivity index is 1.66. The molecule has 2 aliphatic rings. The molecule has 1 unspecified atom stereocenters. The van der Waals surface area contributed by atoms with Crippen molar-refractivity contribution in [2.24, 2.45) is 11.8 Å². The van der Waals surface area contributed by atoms with E-state index >= 15 is 0 Å². The lowest BCUT2D eigenvalue weighted by atomic mass is 9.95. The maximum Gasteiger partial charge on any atom is 0.222 e. The second-order valence-corrected chi connectivity index (χ2v) is 7.97. The molecule has 0 N–H and O–H groups in total. The molecule has 0 bridgehead atoms. The van der Waals surface area contributed by atoms with Crippen LogP contribution in [0.2, 0.25) is 0 Å². The lowest BCUT2D eigenvalue weighted by molar-refractivity contribution is -0.133. The zero-order valence-electron chi connectivity index (χ0n) is 15.8. The summed E-state index contributed by atoms with van der Waals surface area (Å²) in [4.78, 5) is 19.6. The fourth-order valence-corrected chi connectivity index (χ4v) is 3.76. The number of carbonyl (C=O) groups is 1. The number of carbonyl (C=O) groups excluding carboxylic acids is 1. The minimum absolute atomic E-state index is 0.378. The van der Waals surface area contributed by atoms with Gasteiger partial charge in [0, 0.05) is 58.3 Å². The van der Waals surface area contributed by atoms with Crippen molar-refractivity contribution in [2.75, 3.05) is 45.8 Å². The number of hydrogen-bond donors (Lipinski definition) is 0. The van der Waals surface area contributed by atoms with Crippen molar-refractivity contribution in [1.82, 2.24) is 14.7 Å². The van der Waals surface area contributed by atoms with Crippen LogP contribution in [0.5, 0.6) is 0 Å². The first-order valence-corrected chi connectivity index (χ1v) is 9.73. The van der Waals surface area contributed by atoms with Crippen molar-refractivity contribution in [3.63, 3.8) is 0 Å². The van der Waals surface area contributed by atoms with Crippen molar-refractivity contribution in [1.29, 1.82) is 0 Å². The second kappa shape index (κ2) is 9.03. The predicted octanol–water partition coefficient (Wildman–Crippen LogP) is 2.69. The Bertz CT molecular complexity index is 356. The van der Waals surface area contributed by atoms with Gasteiger partial charge < -0.3 is 9.80 Å². The van der Waals surface area contributed by atoms with Crippen LogP contribution in [0.25, 0.3) is 0 Å². The molecule has 23 heavy (non-hydrogen) atoms. The van der Waals surface area contributed by atoms with Crippen LogP contribution in [0.1, 0.15) is 53.4 Å². The molecule has 4 nitrogen and oxygen atoms in total. The van der Waals surface area contributed by atoms with Crippen molar-refractivity contribution < 1.29 is 4.79 Å². The maximum absolute atomic E-state index is 12.3. The molecule has 0 radical (unpaired) electrons. The molecule has 134 valence electrons. The van der Waals surface area contributed by atoms with Gasteiger partial charge >= 0.3 is 0 Å². The number of likely N-dealkylation sites (tertiary alicyclic amines) is 1. The van der Waals surface area contributed by atoms with Crippen LogP contribution in [0, 0.1) is 11.8 Å². The van der Waals surface area contributed by atoms with Gasteiger partial charge in [-0.1, -0.05) is 20.3 Å². The van der Waals surface area contributed by atoms with Crippen LogP contribution < -0.4 is 0 Å². The molecule has 0 saturated carbocycles. The molecule has 2 rings (SSSR count). The fourth-order valence-electron chi connectivity index (χ4n) is 3.76. The summed E-state index contributed by atoms with van der Waals surface area (Å²) in [5.74, 6) is 1.69. The van der Waals surface area contributed by atoms with E-state index in [-0.39, 0.29) is 0 Å². The van der Waals surface area contributed by atoms with Gasteiger partial charge in [0.15, 0.2) is 0 Å². The van der Waals surface area contributed by atoms with Crippen LogP contribution in [-0.4, -0.2) is 72.5 Å². The SMILES string of the molecule is CCC(C)CC(=O)N1CCC(CN2CCN(C(C)C)CC2)CC1. The molecule has 2 heterocycles. The van der Waals surface area contributed by atoms with Gasteiger partial charge in [0.1, 0.15) is 0 Å². The minimum Gasteiger partial charge on any atom is -0.343 e. The third kappa shape index (κ3) is 5.75. The number of piperidine rings is 1. The van der Waals surface area contributed by atoms with Crippen LogP contribution in [-0.2, 0) is 4.79 Å². The molecular weight excluding hydrogens is 286 g/mol. The molecule has 0 aromatic carbocycles. The van der Waals surface area contributed by atoms with Gasteiger partial charge in [-0.15, -0.1) is 0 Å². The number of piperazine rings is 1. The summed E-state index contributed by atoms with van der Waals surface area (Å²) < 4.78 is 0. The Kier molecular flexibility index (Phi) is 7.35. The van der Waals surface area contributed by atoms with Crippen molar-refractivity contribution in [2.45, 2.75) is 59.4 Å². The van der Waals surface area contributed by atoms with Crippen molar-refractivity contribution in [3.05, 3.63) is 0 Å². The molecule has 0 aliphatic carbocycles. The normalized spacial score (nSPS) is 23.4. The zero-order valence-corrected chi connectivity index (χ0v) is 15.8. The van der Waals surface area contributed by atoms with Crippen molar-refractivity contribution >= 4 is 5.91 Å². The Morgan fingerprint density at radius 3 is 2.13 bits per heavy atom. The lowest BCUT2D eigenvalue weighted by Crippen LogP contribution is -2.50. The Hall–Kier alpha value is -0.610. The fraction of sp³-hybridized carbons (Fsp3) is 0.947. The molecule has 0 aromatic rings. The third-order valence-corrected chi connectivity index (χ3v) is 5.84. The number of hydrogen-bond acceptors (Lipinski definition) is 3. The van der Waals surface area contributed by atoms with Crippen LogP contribution >= 0.6 is 0 Å². The average molecular weight is 324 g/mol. The average Bonchev–Trinajstić information content (AvgIpc) is 2.55. The van der Waals surface area contributed by atoms with Crippen LogP contribution in [0.15, 0.2) is 0 Å². The van der Waals surface area contributed by atoms with Crippen molar-refractivity contribution in [3.8, 4) is 0 Å². The monoisotopic (exact) mass is 323 g/mol. The van der Waals surface area contributed by atoms with Gasteiger partial charge in [-0.3, -0.25) is 9.69 Å². The summed E-state index contributed by atoms with van der Waals surface area (Å²) in [7, 11) is 0. The Morgan fingerprint density at radius 2 is 1.61 bits per heavy atom. The van der Waals surface area contributed by atoms with Gasteiger partial charge in [-0.05, 0) is 38.5 Å². The zero-order chi connectivity index (χ0) is 16.8. The molecule has 1 atom stereocenters. The topological polar surface area (TPSA) is 26.8 Å². The van der Waals surface area contributed by atoms with E-state index in [1.165, 1.54) is 45.6 Å². The number of amides is 1. The van der Waals surface area contributed by atoms with Gasteiger partial charge in [0.05, 0.1) is 0 Å². The van der Waals surface area contributed by atoms with Gasteiger partial charge in [0.2, 0.25) is 5.91 Å². The Morgan fingerprint density at radius 1 is 1.00 bits per heavy atom. The highest BCUT2D eigenvalue weighted by molar-refractivity contribution is 5.76. The molecule has 4 heteroatoms. The van der Waals surface area contributed by atoms with E-state index in [0.717, 1.165) is 31.8 Å². The first-order chi connectivity index (χ1) is 11.0. The van der Waals surface area contributed by atoms with Gasteiger partial charge in [-0.2, -0.15) is 0 Å². The number of rotatable bonds is 6. The molecule has 0 aromatic heterocycles. The molecule has 1 amide bonds. The molecule has 2 aliphatic heterocycles. The van der Waals surface area contributed by atoms with E-state index < -0.39 is 0 Å². The van der Waals surface area contributed by atoms with E-state index in [1.54, 1.807) is 0 Å². The van der Waals surface area contributed by atoms with Gasteiger partial charge in [-0.25, -0.2) is 0 Å². The molecule has 2 fully saturated rings. The second-order valence-electron chi connectivity index (χ2n) is 7.97. The summed E-state index contributed by atoms with van der Waals surface area (Å²) in [6.45, 7) is 17.0. The van der Waals surface area contributed by atoms with Gasteiger partial charge in [0.25, 0.3) is 0 Å². The molecular formula is C19H37N3O. The van der Waals surface area contributed by atoms with E-state index in [9.17, 15) is 4.79 Å². The van der Waals surface area contributed by atoms with E-state index in [4.69, 9.17) is 0 Å². The first-order valence-electron chi connectivity index (χ1n) is 9.73. The summed E-state index contributed by atoms with van der Waals surface area (Å²) in [5.41, 5.74) is 0. The lowest BCUT2D eigenvalue weighted by Gasteiger charge is -2.40. The largest absolute Gasteiger partial charge is 0.343 e. The number of nitrogens with zero attached hydrogens (tertiary/aromatic N) is 3. The van der Waals surface area contributed by atoms with E-state index in [2.05, 4.69) is 42.4 Å². The minimum atomic E-state index is 0.378. The summed E-state index contributed by atoms with van der Waals surface area (Å²) in [6, 6.07) is 0.678. The molecule has 2 saturated heterocycles. The third-order valence-electron chi connectivity index (χ3n) is 5.84. The highest BCUT2D eigenvalue weighted by Gasteiger charge is 2.26. The predicted molar refractivity (Wildman–Crippen MR) is 96.5 cm³/mol. The summed E-state index contributed by atoms with van der Waals surface area (Å²) in [6.07, 6.45) is 4.22. The summed E-state index contributed by atoms with van der Waals surface area (Å²) >= 11 is 0. The standard InChI is InChI=1S/C19H37N3O/c1-5-17(4)14-19(23)22-8-6-18(7-9-22)15-20-10-12-21(13-11-20)16(2)3/h16-18H,5-15H2,1-4H3. The first kappa shape index (κ1) is 18.7. The van der Waals surface area contributed by atoms with Crippen LogP contribution in [0.4, 0.5) is 0 Å². The van der Waals surface area contributed by atoms with E-state index in [0.29, 0.717) is 17.9 Å². The Labute approximate surface area is 143 Å². The smallest absolute Gasteiger partial charge is 0.222 e. The highest BCUT2D eigenvalue weighted by atomic mass is 16.2. The molecule has 0 spiro atoms. The van der Waals surface area contributed by atoms with Crippen LogP contribution in [0.3, 0.4) is 0 Å².